The standard InChI is InChI=1S/C19H19ClN2O2S2/c1-13-17(26-18(21-13)15-7-8-16(20)25-15)19(24)22(11-12-23)10-9-14-5-3-2-4-6-14/h2-8,23H,9-12H2,1H3. The summed E-state index contributed by atoms with van der Waals surface area (Å²) in [6, 6.07) is 13.8. The number of aliphatic hydroxyl groups is 1. The molecule has 1 N–H and O–H groups in total. The molecule has 0 bridgehead atoms. The molecule has 2 heterocycles. The molecule has 0 aliphatic carbocycles. The normalized spacial score (nSPS) is 10.9. The van der Waals surface area contributed by atoms with Crippen LogP contribution in [0.3, 0.4) is 0 Å². The molecule has 3 aromatic rings. The van der Waals surface area contributed by atoms with Crippen LogP contribution in [-0.4, -0.2) is 40.6 Å². The highest BCUT2D eigenvalue weighted by atomic mass is 35.5. The summed E-state index contributed by atoms with van der Waals surface area (Å²) in [4.78, 5) is 20.8. The lowest BCUT2D eigenvalue weighted by atomic mass is 10.1. The van der Waals surface area contributed by atoms with Crippen molar-refractivity contribution in [3.05, 3.63) is 62.9 Å². The maximum atomic E-state index is 13.0. The van der Waals surface area contributed by atoms with E-state index < -0.39 is 0 Å². The summed E-state index contributed by atoms with van der Waals surface area (Å²) in [7, 11) is 0. The summed E-state index contributed by atoms with van der Waals surface area (Å²) in [5, 5.41) is 10.2. The zero-order valence-electron chi connectivity index (χ0n) is 14.3. The number of aryl methyl sites for hydroxylation is 1. The van der Waals surface area contributed by atoms with Crippen LogP contribution in [0.15, 0.2) is 42.5 Å². The average molecular weight is 407 g/mol. The van der Waals surface area contributed by atoms with E-state index in [1.165, 1.54) is 22.7 Å². The summed E-state index contributed by atoms with van der Waals surface area (Å²) in [6.45, 7) is 2.65. The number of halogens is 1. The third kappa shape index (κ3) is 4.51. The van der Waals surface area contributed by atoms with Crippen LogP contribution in [-0.2, 0) is 6.42 Å². The van der Waals surface area contributed by atoms with Crippen LogP contribution in [0.4, 0.5) is 0 Å². The lowest BCUT2D eigenvalue weighted by Gasteiger charge is -2.21. The quantitative estimate of drug-likeness (QED) is 0.628. The summed E-state index contributed by atoms with van der Waals surface area (Å²) >= 11 is 8.83. The third-order valence-electron chi connectivity index (χ3n) is 3.95. The highest BCUT2D eigenvalue weighted by Crippen LogP contribution is 2.35. The van der Waals surface area contributed by atoms with Crippen LogP contribution < -0.4 is 0 Å². The first-order valence-electron chi connectivity index (χ1n) is 8.25. The largest absolute Gasteiger partial charge is 0.395 e. The lowest BCUT2D eigenvalue weighted by molar-refractivity contribution is 0.0728. The first-order valence-corrected chi connectivity index (χ1v) is 10.3. The van der Waals surface area contributed by atoms with Gasteiger partial charge in [-0.1, -0.05) is 41.9 Å². The number of benzene rings is 1. The fourth-order valence-electron chi connectivity index (χ4n) is 2.62. The molecule has 0 spiro atoms. The predicted molar refractivity (Wildman–Crippen MR) is 108 cm³/mol. The molecule has 4 nitrogen and oxygen atoms in total. The van der Waals surface area contributed by atoms with E-state index in [-0.39, 0.29) is 12.5 Å². The Labute approximate surface area is 165 Å². The van der Waals surface area contributed by atoms with Crippen molar-refractivity contribution in [3.63, 3.8) is 0 Å². The van der Waals surface area contributed by atoms with Gasteiger partial charge in [0.1, 0.15) is 9.88 Å². The first kappa shape index (κ1) is 19.0. The van der Waals surface area contributed by atoms with Gasteiger partial charge in [0, 0.05) is 13.1 Å². The van der Waals surface area contributed by atoms with E-state index >= 15 is 0 Å². The lowest BCUT2D eigenvalue weighted by Crippen LogP contribution is -2.35. The van der Waals surface area contributed by atoms with Gasteiger partial charge in [0.2, 0.25) is 0 Å². The first-order chi connectivity index (χ1) is 12.6. The van der Waals surface area contributed by atoms with E-state index in [4.69, 9.17) is 11.6 Å². The monoisotopic (exact) mass is 406 g/mol. The molecule has 1 aromatic carbocycles. The molecule has 7 heteroatoms. The third-order valence-corrected chi connectivity index (χ3v) is 6.49. The summed E-state index contributed by atoms with van der Waals surface area (Å²) in [5.74, 6) is -0.0844. The number of carbonyl (C=O) groups excluding carboxylic acids is 1. The maximum absolute atomic E-state index is 13.0. The molecular weight excluding hydrogens is 388 g/mol. The van der Waals surface area contributed by atoms with Crippen LogP contribution in [0.1, 0.15) is 20.9 Å². The smallest absolute Gasteiger partial charge is 0.265 e. The average Bonchev–Trinajstić information content (AvgIpc) is 3.24. The molecule has 0 aliphatic heterocycles. The van der Waals surface area contributed by atoms with Crippen LogP contribution >= 0.6 is 34.3 Å². The van der Waals surface area contributed by atoms with Crippen molar-refractivity contribution in [3.8, 4) is 9.88 Å². The van der Waals surface area contributed by atoms with Crippen LogP contribution in [0.2, 0.25) is 4.34 Å². The Morgan fingerprint density at radius 3 is 2.58 bits per heavy atom. The minimum atomic E-state index is -0.0844. The van der Waals surface area contributed by atoms with E-state index in [0.29, 0.717) is 28.0 Å². The van der Waals surface area contributed by atoms with Crippen molar-refractivity contribution in [1.29, 1.82) is 0 Å². The minimum Gasteiger partial charge on any atom is -0.395 e. The van der Waals surface area contributed by atoms with Crippen LogP contribution in [0.25, 0.3) is 9.88 Å². The Bertz CT molecular complexity index is 877. The Balaban J connectivity index is 1.77. The second kappa shape index (κ2) is 8.77. The SMILES string of the molecule is Cc1nc(-c2ccc(Cl)s2)sc1C(=O)N(CCO)CCc1ccccc1. The van der Waals surface area contributed by atoms with E-state index in [1.807, 2.05) is 49.4 Å². The number of aliphatic hydroxyl groups excluding tert-OH is 1. The molecule has 0 unspecified atom stereocenters. The highest BCUT2D eigenvalue weighted by molar-refractivity contribution is 7.24. The summed E-state index contributed by atoms with van der Waals surface area (Å²) < 4.78 is 0.700. The zero-order valence-corrected chi connectivity index (χ0v) is 16.7. The van der Waals surface area contributed by atoms with Gasteiger partial charge in [-0.15, -0.1) is 22.7 Å². The predicted octanol–water partition coefficient (Wildman–Crippen LogP) is 4.51. The van der Waals surface area contributed by atoms with Crippen LogP contribution in [0, 0.1) is 6.92 Å². The van der Waals surface area contributed by atoms with Gasteiger partial charge in [-0.05, 0) is 31.0 Å². The Hall–Kier alpha value is -1.73. The number of rotatable bonds is 7. The van der Waals surface area contributed by atoms with Crippen molar-refractivity contribution < 1.29 is 9.90 Å². The van der Waals surface area contributed by atoms with Gasteiger partial charge in [-0.2, -0.15) is 0 Å². The van der Waals surface area contributed by atoms with Gasteiger partial charge in [0.25, 0.3) is 5.91 Å². The molecular formula is C19H19ClN2O2S2. The molecule has 0 atom stereocenters. The van der Waals surface area contributed by atoms with Crippen molar-refractivity contribution >= 4 is 40.2 Å². The van der Waals surface area contributed by atoms with Gasteiger partial charge < -0.3 is 10.0 Å². The Morgan fingerprint density at radius 2 is 1.92 bits per heavy atom. The fraction of sp³-hybridized carbons (Fsp3) is 0.263. The van der Waals surface area contributed by atoms with Gasteiger partial charge in [0.05, 0.1) is 21.5 Å². The number of nitrogens with zero attached hydrogens (tertiary/aromatic N) is 2. The number of aromatic nitrogens is 1. The maximum Gasteiger partial charge on any atom is 0.265 e. The molecule has 3 rings (SSSR count). The fourth-order valence-corrected chi connectivity index (χ4v) is 4.75. The molecule has 1 amide bonds. The molecule has 0 radical (unpaired) electrons. The minimum absolute atomic E-state index is 0.0637. The molecule has 0 fully saturated rings. The molecule has 0 saturated heterocycles. The van der Waals surface area contributed by atoms with Gasteiger partial charge in [0.15, 0.2) is 0 Å². The van der Waals surface area contributed by atoms with E-state index in [9.17, 15) is 9.90 Å². The second-order valence-corrected chi connectivity index (χ2v) is 8.50. The van der Waals surface area contributed by atoms with Crippen molar-refractivity contribution in [2.24, 2.45) is 0 Å². The molecule has 136 valence electrons. The van der Waals surface area contributed by atoms with Crippen molar-refractivity contribution in [2.75, 3.05) is 19.7 Å². The van der Waals surface area contributed by atoms with Gasteiger partial charge in [-0.25, -0.2) is 4.98 Å². The summed E-state index contributed by atoms with van der Waals surface area (Å²) in [5.41, 5.74) is 1.88. The molecule has 26 heavy (non-hydrogen) atoms. The van der Waals surface area contributed by atoms with Crippen molar-refractivity contribution in [1.82, 2.24) is 9.88 Å². The van der Waals surface area contributed by atoms with E-state index in [0.717, 1.165) is 21.9 Å². The van der Waals surface area contributed by atoms with Crippen molar-refractivity contribution in [2.45, 2.75) is 13.3 Å². The second-order valence-electron chi connectivity index (χ2n) is 5.79. The molecule has 0 aliphatic rings. The van der Waals surface area contributed by atoms with Gasteiger partial charge in [-0.3, -0.25) is 4.79 Å². The zero-order chi connectivity index (χ0) is 18.5. The number of thiophene rings is 1. The molecule has 2 aromatic heterocycles. The van der Waals surface area contributed by atoms with Gasteiger partial charge >= 0.3 is 0 Å². The number of amides is 1. The van der Waals surface area contributed by atoms with E-state index in [1.54, 1.807) is 4.90 Å². The highest BCUT2D eigenvalue weighted by Gasteiger charge is 2.22. The number of carbonyl (C=O) groups is 1. The summed E-state index contributed by atoms with van der Waals surface area (Å²) in [6.07, 6.45) is 0.748. The Morgan fingerprint density at radius 1 is 1.15 bits per heavy atom. The number of thiazole rings is 1. The topological polar surface area (TPSA) is 53.4 Å². The molecule has 0 saturated carbocycles. The Kier molecular flexibility index (Phi) is 6.43. The van der Waals surface area contributed by atoms with Crippen LogP contribution in [0.5, 0.6) is 0 Å². The number of hydrogen-bond acceptors (Lipinski definition) is 5. The number of hydrogen-bond donors (Lipinski definition) is 1. The van der Waals surface area contributed by atoms with E-state index in [2.05, 4.69) is 4.98 Å².